The lowest BCUT2D eigenvalue weighted by Crippen LogP contribution is -2.07. The van der Waals surface area contributed by atoms with E-state index in [1.54, 1.807) is 0 Å². The second-order valence-electron chi connectivity index (χ2n) is 12.1. The highest BCUT2D eigenvalue weighted by Gasteiger charge is 2.10. The van der Waals surface area contributed by atoms with Crippen molar-refractivity contribution in [2.75, 3.05) is 26.4 Å². The Kier molecular flexibility index (Phi) is 13.3. The Labute approximate surface area is 279 Å². The molecule has 6 heteroatoms. The topological polar surface area (TPSA) is 71.1 Å². The summed E-state index contributed by atoms with van der Waals surface area (Å²) in [6.45, 7) is 2.22. The van der Waals surface area contributed by atoms with Gasteiger partial charge in [0.1, 0.15) is 11.5 Å². The smallest absolute Gasteiger partial charge is 0.338 e. The molecule has 0 aliphatic carbocycles. The zero-order valence-electron chi connectivity index (χ0n) is 27.3. The van der Waals surface area contributed by atoms with Gasteiger partial charge in [0.2, 0.25) is 0 Å². The molecule has 6 nitrogen and oxygen atoms in total. The molecule has 7 heterocycles. The van der Waals surface area contributed by atoms with Crippen molar-refractivity contribution in [1.29, 1.82) is 0 Å². The Bertz CT molecular complexity index is 1390. The maximum Gasteiger partial charge on any atom is 0.338 e. The molecule has 0 N–H and O–H groups in total. The second kappa shape index (κ2) is 18.5. The molecule has 0 unspecified atom stereocenters. The summed E-state index contributed by atoms with van der Waals surface area (Å²) in [5.41, 5.74) is 5.33. The van der Waals surface area contributed by atoms with Gasteiger partial charge in [-0.25, -0.2) is 9.59 Å². The van der Waals surface area contributed by atoms with E-state index in [1.165, 1.54) is 12.8 Å². The van der Waals surface area contributed by atoms with Crippen LogP contribution in [0.25, 0.3) is 22.3 Å². The van der Waals surface area contributed by atoms with Gasteiger partial charge in [0, 0.05) is 0 Å². The summed E-state index contributed by atoms with van der Waals surface area (Å²) in [7, 11) is 0. The van der Waals surface area contributed by atoms with Crippen molar-refractivity contribution in [3.63, 3.8) is 0 Å². The molecule has 0 spiro atoms. The van der Waals surface area contributed by atoms with Crippen molar-refractivity contribution in [3.05, 3.63) is 108 Å². The highest BCUT2D eigenvalue weighted by atomic mass is 16.5. The van der Waals surface area contributed by atoms with Gasteiger partial charge in [-0.1, -0.05) is 93.5 Å². The van der Waals surface area contributed by atoms with Crippen molar-refractivity contribution >= 4 is 11.9 Å². The van der Waals surface area contributed by atoms with Crippen LogP contribution in [-0.4, -0.2) is 38.4 Å². The highest BCUT2D eigenvalue weighted by molar-refractivity contribution is 5.90. The third-order valence-electron chi connectivity index (χ3n) is 8.45. The molecule has 47 heavy (non-hydrogen) atoms. The minimum Gasteiger partial charge on any atom is -0.494 e. The minimum atomic E-state index is -0.300. The fourth-order valence-corrected chi connectivity index (χ4v) is 5.61. The molecule has 4 aromatic rings. The Morgan fingerprint density at radius 3 is 0.830 bits per heavy atom. The lowest BCUT2D eigenvalue weighted by molar-refractivity contribution is 0.0496. The van der Waals surface area contributed by atoms with Crippen molar-refractivity contribution in [3.8, 4) is 33.8 Å². The summed E-state index contributed by atoms with van der Waals surface area (Å²) in [6, 6.07) is 31.3. The number of esters is 2. The summed E-state index contributed by atoms with van der Waals surface area (Å²) in [4.78, 5) is 25.0. The van der Waals surface area contributed by atoms with Crippen LogP contribution in [0.5, 0.6) is 11.5 Å². The van der Waals surface area contributed by atoms with Crippen LogP contribution in [0, 0.1) is 0 Å². The maximum atomic E-state index is 12.5. The average molecular weight is 635 g/mol. The molecule has 246 valence electrons. The molecule has 7 aliphatic rings. The van der Waals surface area contributed by atoms with Gasteiger partial charge in [0.05, 0.1) is 37.6 Å². The fraction of sp³-hybridized carbons (Fsp3) is 0.366. The molecule has 4 aromatic carbocycles. The lowest BCUT2D eigenvalue weighted by Gasteiger charge is -2.09. The zero-order valence-corrected chi connectivity index (χ0v) is 27.3. The number of carbonyl (C=O) groups excluding carboxylic acids is 2. The van der Waals surface area contributed by atoms with Crippen LogP contribution in [0.3, 0.4) is 0 Å². The third-order valence-corrected chi connectivity index (χ3v) is 8.45. The first-order valence-electron chi connectivity index (χ1n) is 17.2. The SMILES string of the molecule is O=C1OCCCCCCCOC(=O)c2ccc(cc2)-c2ccc(cc2)OCCCCCCCCOc2ccc(cc2)-c2ccc1cc2. The Balaban J connectivity index is 1.11. The van der Waals surface area contributed by atoms with Crippen LogP contribution in [0.1, 0.15) is 91.3 Å². The van der Waals surface area contributed by atoms with Gasteiger partial charge in [0.15, 0.2) is 0 Å². The lowest BCUT2D eigenvalue weighted by atomic mass is 10.0. The van der Waals surface area contributed by atoms with Gasteiger partial charge in [-0.05, 0) is 96.5 Å². The van der Waals surface area contributed by atoms with Crippen LogP contribution >= 0.6 is 0 Å². The molecule has 0 atom stereocenters. The minimum absolute atomic E-state index is 0.300. The number of ether oxygens (including phenoxy) is 4. The Morgan fingerprint density at radius 1 is 0.277 bits per heavy atom. The molecule has 0 radical (unpaired) electrons. The van der Waals surface area contributed by atoms with E-state index >= 15 is 0 Å². The summed E-state index contributed by atoms with van der Waals surface area (Å²) >= 11 is 0. The zero-order chi connectivity index (χ0) is 32.5. The number of hydrogen-bond donors (Lipinski definition) is 0. The first-order valence-corrected chi connectivity index (χ1v) is 17.2. The van der Waals surface area contributed by atoms with E-state index in [9.17, 15) is 9.59 Å². The van der Waals surface area contributed by atoms with Crippen molar-refractivity contribution in [2.45, 2.75) is 70.6 Å². The second-order valence-corrected chi connectivity index (χ2v) is 12.1. The van der Waals surface area contributed by atoms with Gasteiger partial charge < -0.3 is 18.9 Å². The van der Waals surface area contributed by atoms with Crippen molar-refractivity contribution in [1.82, 2.24) is 0 Å². The van der Waals surface area contributed by atoms with Gasteiger partial charge in [-0.3, -0.25) is 0 Å². The summed E-state index contributed by atoms with van der Waals surface area (Å²) in [5.74, 6) is 1.15. The van der Waals surface area contributed by atoms with Crippen molar-refractivity contribution in [2.24, 2.45) is 0 Å². The quantitative estimate of drug-likeness (QED) is 0.179. The van der Waals surface area contributed by atoms with E-state index in [4.69, 9.17) is 18.9 Å². The molecular weight excluding hydrogens is 588 g/mol. The summed E-state index contributed by atoms with van der Waals surface area (Å²) < 4.78 is 22.9. The Morgan fingerprint density at radius 2 is 0.511 bits per heavy atom. The van der Waals surface area contributed by atoms with E-state index in [1.807, 2.05) is 72.8 Å². The van der Waals surface area contributed by atoms with Gasteiger partial charge >= 0.3 is 11.9 Å². The monoisotopic (exact) mass is 634 g/mol. The van der Waals surface area contributed by atoms with Crippen LogP contribution in [0.15, 0.2) is 97.1 Å². The maximum absolute atomic E-state index is 12.5. The summed E-state index contributed by atoms with van der Waals surface area (Å²) in [6.07, 6.45) is 11.3. The number of carbonyl (C=O) groups is 2. The van der Waals surface area contributed by atoms with E-state index in [0.717, 1.165) is 91.5 Å². The van der Waals surface area contributed by atoms with E-state index in [0.29, 0.717) is 37.6 Å². The standard InChI is InChI=1S/C41H46O6/c42-40-36-16-12-32(13-17-36)34-20-24-38(25-21-34)44-28-8-4-1-2-5-9-29-45-39-26-22-35(23-27-39)33-14-18-37(19-15-33)41(43)47-31-11-7-3-6-10-30-46-40/h12-27H,1-11,28-31H2. The van der Waals surface area contributed by atoms with Gasteiger partial charge in [0.25, 0.3) is 0 Å². The molecule has 11 rings (SSSR count). The number of rotatable bonds is 0. The number of hydrogen-bond acceptors (Lipinski definition) is 6. The molecule has 7 aliphatic heterocycles. The molecular formula is C41H46O6. The molecule has 8 bridgehead atoms. The third kappa shape index (κ3) is 11.0. The van der Waals surface area contributed by atoms with Crippen LogP contribution in [-0.2, 0) is 9.47 Å². The predicted octanol–water partition coefficient (Wildman–Crippen LogP) is 10.1. The molecule has 0 aromatic heterocycles. The van der Waals surface area contributed by atoms with Crippen LogP contribution in [0.4, 0.5) is 0 Å². The van der Waals surface area contributed by atoms with Gasteiger partial charge in [-0.15, -0.1) is 0 Å². The van der Waals surface area contributed by atoms with Crippen molar-refractivity contribution < 1.29 is 28.5 Å². The normalized spacial score (nSPS) is 16.4. The van der Waals surface area contributed by atoms with Crippen LogP contribution in [0.2, 0.25) is 0 Å². The molecule has 0 saturated carbocycles. The number of benzene rings is 4. The van der Waals surface area contributed by atoms with E-state index in [2.05, 4.69) is 24.3 Å². The molecule has 0 fully saturated rings. The first-order chi connectivity index (χ1) is 23.2. The first kappa shape index (κ1) is 33.8. The Hall–Kier alpha value is -4.58. The average Bonchev–Trinajstić information content (AvgIpc) is 3.12. The molecule has 0 amide bonds. The predicted molar refractivity (Wildman–Crippen MR) is 186 cm³/mol. The molecule has 0 saturated heterocycles. The largest absolute Gasteiger partial charge is 0.494 e. The fourth-order valence-electron chi connectivity index (χ4n) is 5.61. The van der Waals surface area contributed by atoms with Gasteiger partial charge in [-0.2, -0.15) is 0 Å². The van der Waals surface area contributed by atoms with Crippen LogP contribution < -0.4 is 9.47 Å². The summed E-state index contributed by atoms with van der Waals surface area (Å²) in [5, 5.41) is 0. The van der Waals surface area contributed by atoms with E-state index < -0.39 is 0 Å². The van der Waals surface area contributed by atoms with E-state index in [-0.39, 0.29) is 11.9 Å². The highest BCUT2D eigenvalue weighted by Crippen LogP contribution is 2.25.